The zero-order valence-corrected chi connectivity index (χ0v) is 10.9. The van der Waals surface area contributed by atoms with Crippen LogP contribution in [0.2, 0.25) is 0 Å². The Morgan fingerprint density at radius 1 is 1.39 bits per heavy atom. The molecule has 0 bridgehead atoms. The molecule has 0 spiro atoms. The van der Waals surface area contributed by atoms with Gasteiger partial charge in [-0.3, -0.25) is 4.79 Å². The van der Waals surface area contributed by atoms with Crippen molar-refractivity contribution in [2.75, 3.05) is 13.1 Å². The molecule has 0 saturated heterocycles. The summed E-state index contributed by atoms with van der Waals surface area (Å²) >= 11 is 0. The monoisotopic (exact) mass is 241 g/mol. The Morgan fingerprint density at radius 2 is 2.06 bits per heavy atom. The van der Waals surface area contributed by atoms with E-state index in [1.807, 2.05) is 35.2 Å². The van der Waals surface area contributed by atoms with Gasteiger partial charge in [0.05, 0.1) is 12.0 Å². The molecule has 2 nitrogen and oxygen atoms in total. The Balaban J connectivity index is 2.20. The Morgan fingerprint density at radius 3 is 2.56 bits per heavy atom. The van der Waals surface area contributed by atoms with Crippen molar-refractivity contribution in [3.63, 3.8) is 0 Å². The van der Waals surface area contributed by atoms with Crippen LogP contribution in [0.5, 0.6) is 0 Å². The molecule has 0 aromatic heterocycles. The van der Waals surface area contributed by atoms with Crippen LogP contribution in [0.4, 0.5) is 0 Å². The third-order valence-electron chi connectivity index (χ3n) is 3.55. The molecular weight excluding hydrogens is 222 g/mol. The number of nitrogens with zero attached hydrogens (tertiary/aromatic N) is 1. The van der Waals surface area contributed by atoms with Crippen LogP contribution in [0.15, 0.2) is 30.3 Å². The van der Waals surface area contributed by atoms with Crippen molar-refractivity contribution >= 4 is 5.91 Å². The van der Waals surface area contributed by atoms with Gasteiger partial charge >= 0.3 is 0 Å². The number of terminal acetylenes is 1. The summed E-state index contributed by atoms with van der Waals surface area (Å²) in [6.45, 7) is 3.23. The molecule has 1 aromatic carbocycles. The standard InChI is InChI=1S/C16H19NO/c1-3-12-17(13-4-2)15(18)16(10-11-16)14-8-6-5-7-9-14/h1,5-9H,4,10-13H2,2H3. The second-order valence-electron chi connectivity index (χ2n) is 4.88. The molecule has 1 aliphatic rings. The van der Waals surface area contributed by atoms with Crippen LogP contribution in [-0.4, -0.2) is 23.9 Å². The molecule has 0 N–H and O–H groups in total. The molecule has 94 valence electrons. The number of hydrogen-bond acceptors (Lipinski definition) is 1. The van der Waals surface area contributed by atoms with Gasteiger partial charge < -0.3 is 4.90 Å². The minimum absolute atomic E-state index is 0.202. The van der Waals surface area contributed by atoms with Gasteiger partial charge in [0.2, 0.25) is 5.91 Å². The highest BCUT2D eigenvalue weighted by Gasteiger charge is 2.52. The molecule has 0 heterocycles. The maximum Gasteiger partial charge on any atom is 0.234 e. The molecule has 0 aliphatic heterocycles. The van der Waals surface area contributed by atoms with Gasteiger partial charge in [0.15, 0.2) is 0 Å². The van der Waals surface area contributed by atoms with Gasteiger partial charge in [0.25, 0.3) is 0 Å². The Hall–Kier alpha value is -1.75. The van der Waals surface area contributed by atoms with Gasteiger partial charge in [-0.15, -0.1) is 6.42 Å². The normalized spacial score (nSPS) is 15.8. The fourth-order valence-electron chi connectivity index (χ4n) is 2.44. The lowest BCUT2D eigenvalue weighted by Gasteiger charge is -2.25. The molecule has 18 heavy (non-hydrogen) atoms. The summed E-state index contributed by atoms with van der Waals surface area (Å²) in [7, 11) is 0. The van der Waals surface area contributed by atoms with Crippen LogP contribution in [0.25, 0.3) is 0 Å². The van der Waals surface area contributed by atoms with E-state index < -0.39 is 0 Å². The fraction of sp³-hybridized carbons (Fsp3) is 0.438. The summed E-state index contributed by atoms with van der Waals surface area (Å²) in [5, 5.41) is 0. The molecule has 1 aromatic rings. The molecule has 2 heteroatoms. The van der Waals surface area contributed by atoms with Crippen molar-refractivity contribution in [2.45, 2.75) is 31.6 Å². The highest BCUT2D eigenvalue weighted by atomic mass is 16.2. The highest BCUT2D eigenvalue weighted by molar-refractivity contribution is 5.91. The maximum absolute atomic E-state index is 12.6. The van der Waals surface area contributed by atoms with Gasteiger partial charge in [0, 0.05) is 6.54 Å². The van der Waals surface area contributed by atoms with E-state index in [2.05, 4.69) is 12.8 Å². The van der Waals surface area contributed by atoms with E-state index in [1.165, 1.54) is 0 Å². The van der Waals surface area contributed by atoms with E-state index in [0.29, 0.717) is 6.54 Å². The second-order valence-corrected chi connectivity index (χ2v) is 4.88. The number of carbonyl (C=O) groups is 1. The van der Waals surface area contributed by atoms with E-state index in [-0.39, 0.29) is 11.3 Å². The minimum atomic E-state index is -0.284. The Kier molecular flexibility index (Phi) is 3.72. The molecule has 1 aliphatic carbocycles. The number of rotatable bonds is 5. The van der Waals surface area contributed by atoms with E-state index in [9.17, 15) is 4.79 Å². The first-order chi connectivity index (χ1) is 8.74. The SMILES string of the molecule is C#CCN(CCC)C(=O)C1(c2ccccc2)CC1. The predicted molar refractivity (Wildman–Crippen MR) is 73.1 cm³/mol. The van der Waals surface area contributed by atoms with Crippen LogP contribution in [0, 0.1) is 12.3 Å². The molecular formula is C16H19NO. The molecule has 1 fully saturated rings. The van der Waals surface area contributed by atoms with Gasteiger partial charge in [-0.1, -0.05) is 43.2 Å². The topological polar surface area (TPSA) is 20.3 Å². The minimum Gasteiger partial charge on any atom is -0.331 e. The molecule has 0 atom stereocenters. The average molecular weight is 241 g/mol. The molecule has 1 amide bonds. The maximum atomic E-state index is 12.6. The number of amides is 1. The molecule has 0 radical (unpaired) electrons. The van der Waals surface area contributed by atoms with Crippen molar-refractivity contribution in [1.82, 2.24) is 4.90 Å². The molecule has 0 unspecified atom stereocenters. The summed E-state index contributed by atoms with van der Waals surface area (Å²) in [4.78, 5) is 14.5. The van der Waals surface area contributed by atoms with Crippen molar-refractivity contribution in [3.05, 3.63) is 35.9 Å². The molecule has 2 rings (SSSR count). The van der Waals surface area contributed by atoms with E-state index in [0.717, 1.165) is 31.4 Å². The summed E-state index contributed by atoms with van der Waals surface area (Å²) < 4.78 is 0. The van der Waals surface area contributed by atoms with Crippen LogP contribution in [-0.2, 0) is 10.2 Å². The van der Waals surface area contributed by atoms with Crippen LogP contribution >= 0.6 is 0 Å². The summed E-state index contributed by atoms with van der Waals surface area (Å²) in [5.41, 5.74) is 0.848. The average Bonchev–Trinajstić information content (AvgIpc) is 3.20. The van der Waals surface area contributed by atoms with E-state index in [4.69, 9.17) is 6.42 Å². The van der Waals surface area contributed by atoms with Crippen molar-refractivity contribution in [2.24, 2.45) is 0 Å². The van der Waals surface area contributed by atoms with Gasteiger partial charge in [-0.05, 0) is 24.8 Å². The summed E-state index contributed by atoms with van der Waals surface area (Å²) in [6.07, 6.45) is 8.19. The van der Waals surface area contributed by atoms with Gasteiger partial charge in [-0.2, -0.15) is 0 Å². The van der Waals surface area contributed by atoms with Gasteiger partial charge in [0.1, 0.15) is 0 Å². The number of benzene rings is 1. The van der Waals surface area contributed by atoms with Crippen molar-refractivity contribution in [3.8, 4) is 12.3 Å². The fourth-order valence-corrected chi connectivity index (χ4v) is 2.44. The summed E-state index contributed by atoms with van der Waals surface area (Å²) in [6, 6.07) is 10.1. The predicted octanol–water partition coefficient (Wildman–Crippen LogP) is 2.59. The third-order valence-corrected chi connectivity index (χ3v) is 3.55. The smallest absolute Gasteiger partial charge is 0.234 e. The van der Waals surface area contributed by atoms with Crippen molar-refractivity contribution < 1.29 is 4.79 Å². The second kappa shape index (κ2) is 5.27. The third kappa shape index (κ3) is 2.26. The van der Waals surface area contributed by atoms with Crippen molar-refractivity contribution in [1.29, 1.82) is 0 Å². The number of carbonyl (C=O) groups excluding carboxylic acids is 1. The lowest BCUT2D eigenvalue weighted by molar-refractivity contribution is -0.133. The van der Waals surface area contributed by atoms with E-state index in [1.54, 1.807) is 0 Å². The Bertz CT molecular complexity index is 454. The van der Waals surface area contributed by atoms with Crippen LogP contribution < -0.4 is 0 Å². The van der Waals surface area contributed by atoms with Gasteiger partial charge in [-0.25, -0.2) is 0 Å². The first-order valence-corrected chi connectivity index (χ1v) is 6.53. The van der Waals surface area contributed by atoms with Crippen LogP contribution in [0.1, 0.15) is 31.7 Å². The lowest BCUT2D eigenvalue weighted by Crippen LogP contribution is -2.40. The summed E-state index contributed by atoms with van der Waals surface area (Å²) in [5.74, 6) is 2.79. The number of hydrogen-bond donors (Lipinski definition) is 0. The lowest BCUT2D eigenvalue weighted by atomic mass is 9.94. The quantitative estimate of drug-likeness (QED) is 0.726. The first kappa shape index (κ1) is 12.7. The zero-order valence-electron chi connectivity index (χ0n) is 10.9. The first-order valence-electron chi connectivity index (χ1n) is 6.53. The molecule has 1 saturated carbocycles. The Labute approximate surface area is 109 Å². The highest BCUT2D eigenvalue weighted by Crippen LogP contribution is 2.49. The van der Waals surface area contributed by atoms with E-state index >= 15 is 0 Å². The van der Waals surface area contributed by atoms with Crippen LogP contribution in [0.3, 0.4) is 0 Å². The largest absolute Gasteiger partial charge is 0.331 e. The zero-order chi connectivity index (χ0) is 13.0.